The second kappa shape index (κ2) is 11.5. The van der Waals surface area contributed by atoms with Crippen LogP contribution in [0.25, 0.3) is 23.6 Å². The van der Waals surface area contributed by atoms with Crippen LogP contribution in [0.3, 0.4) is 0 Å². The molecule has 12 heteroatoms. The summed E-state index contributed by atoms with van der Waals surface area (Å²) in [6.45, 7) is 3.21. The lowest BCUT2D eigenvalue weighted by Gasteiger charge is -2.10. The monoisotopic (exact) mass is 502 g/mol. The van der Waals surface area contributed by atoms with Crippen molar-refractivity contribution in [3.63, 3.8) is 0 Å². The second-order valence-electron chi connectivity index (χ2n) is 6.00. The summed E-state index contributed by atoms with van der Waals surface area (Å²) in [6, 6.07) is 0. The van der Waals surface area contributed by atoms with E-state index in [4.69, 9.17) is 28.3 Å². The summed E-state index contributed by atoms with van der Waals surface area (Å²) in [5, 5.41) is 10.2. The number of hydrogen-bond donors (Lipinski definition) is 1. The maximum atomic E-state index is 13.9. The van der Waals surface area contributed by atoms with E-state index in [-0.39, 0.29) is 27.0 Å². The summed E-state index contributed by atoms with van der Waals surface area (Å²) >= 11 is 11.3. The van der Waals surface area contributed by atoms with E-state index in [0.29, 0.717) is 11.0 Å². The van der Waals surface area contributed by atoms with Gasteiger partial charge in [0.15, 0.2) is 11.5 Å². The highest BCUT2D eigenvalue weighted by Crippen LogP contribution is 2.39. The van der Waals surface area contributed by atoms with Crippen molar-refractivity contribution >= 4 is 41.1 Å². The van der Waals surface area contributed by atoms with E-state index in [1.54, 1.807) is 0 Å². The lowest BCUT2D eigenvalue weighted by atomic mass is 10.1. The van der Waals surface area contributed by atoms with Gasteiger partial charge in [-0.2, -0.15) is 18.3 Å². The molecule has 0 bridgehead atoms. The number of rotatable bonds is 8. The molecule has 2 rings (SSSR count). The molecule has 5 nitrogen and oxygen atoms in total. The van der Waals surface area contributed by atoms with Gasteiger partial charge in [0.25, 0.3) is 0 Å². The second-order valence-corrected chi connectivity index (χ2v) is 6.85. The predicted octanol–water partition coefficient (Wildman–Crippen LogP) is 6.58. The van der Waals surface area contributed by atoms with Crippen molar-refractivity contribution in [2.24, 2.45) is 0 Å². The van der Waals surface area contributed by atoms with Crippen LogP contribution in [0.5, 0.6) is 0 Å². The van der Waals surface area contributed by atoms with Crippen LogP contribution >= 0.6 is 23.8 Å². The highest BCUT2D eigenvalue weighted by atomic mass is 35.5. The Kier molecular flexibility index (Phi) is 9.06. The molecule has 0 amide bonds. The van der Waals surface area contributed by atoms with E-state index >= 15 is 0 Å². The molecule has 1 N–H and O–H groups in total. The molecule has 2 aromatic rings. The van der Waals surface area contributed by atoms with Crippen molar-refractivity contribution in [2.45, 2.75) is 6.18 Å². The van der Waals surface area contributed by atoms with Gasteiger partial charge >= 0.3 is 6.18 Å². The molecule has 2 heterocycles. The lowest BCUT2D eigenvalue weighted by Crippen LogP contribution is -2.18. The molecule has 0 aromatic carbocycles. The maximum Gasteiger partial charge on any atom is 0.434 e. The average Bonchev–Trinajstić information content (AvgIpc) is 3.37. The Morgan fingerprint density at radius 2 is 2.03 bits per heavy atom. The smallest absolute Gasteiger partial charge is 0.379 e. The van der Waals surface area contributed by atoms with Gasteiger partial charge in [-0.15, -0.1) is 0 Å². The van der Waals surface area contributed by atoms with Crippen LogP contribution in [-0.2, 0) is 6.18 Å². The van der Waals surface area contributed by atoms with E-state index in [9.17, 15) is 22.0 Å². The minimum absolute atomic E-state index is 0.0296. The molecule has 0 atom stereocenters. The molecule has 0 aliphatic rings. The number of nitrogens with zero attached hydrogens (tertiary/aromatic N) is 3. The summed E-state index contributed by atoms with van der Waals surface area (Å²) in [5.41, 5.74) is -1.58. The Balaban J connectivity index is 2.67. The Morgan fingerprint density at radius 3 is 2.64 bits per heavy atom. The highest BCUT2D eigenvalue weighted by molar-refractivity contribution is 7.80. The number of alkyl halides is 3. The minimum atomic E-state index is -4.86. The molecule has 0 saturated heterocycles. The van der Waals surface area contributed by atoms with Crippen LogP contribution < -0.4 is 5.32 Å². The Morgan fingerprint density at radius 1 is 1.30 bits per heavy atom. The van der Waals surface area contributed by atoms with Crippen LogP contribution in [0.15, 0.2) is 70.9 Å². The third-order valence-corrected chi connectivity index (χ3v) is 4.52. The van der Waals surface area contributed by atoms with Gasteiger partial charge in [0, 0.05) is 18.3 Å². The summed E-state index contributed by atoms with van der Waals surface area (Å²) < 4.78 is 72.6. The quantitative estimate of drug-likeness (QED) is 0.251. The summed E-state index contributed by atoms with van der Waals surface area (Å²) in [5.74, 6) is -1.05. The fourth-order valence-corrected chi connectivity index (χ4v) is 2.88. The summed E-state index contributed by atoms with van der Waals surface area (Å²) in [6.07, 6.45) is 5.12. The Hall–Kier alpha value is -3.31. The molecule has 0 aliphatic heterocycles. The molecular formula is C21H16ClF5N4OS. The summed E-state index contributed by atoms with van der Waals surface area (Å²) in [4.78, 5) is 0.0296. The topological polar surface area (TPSA) is 55.9 Å². The highest BCUT2D eigenvalue weighted by Gasteiger charge is 2.40. The molecular weight excluding hydrogens is 487 g/mol. The number of aromatic nitrogens is 3. The molecule has 0 unspecified atom stereocenters. The van der Waals surface area contributed by atoms with Crippen LogP contribution in [0.2, 0.25) is 0 Å². The van der Waals surface area contributed by atoms with Crippen molar-refractivity contribution in [1.29, 1.82) is 0 Å². The number of hydrogen-bond acceptors (Lipinski definition) is 4. The van der Waals surface area contributed by atoms with Gasteiger partial charge in [-0.1, -0.05) is 41.6 Å². The zero-order valence-electron chi connectivity index (χ0n) is 16.9. The van der Waals surface area contributed by atoms with Gasteiger partial charge in [-0.3, -0.25) is 0 Å². The molecule has 0 saturated carbocycles. The molecule has 0 fully saturated rings. The number of thiocarbonyl (C=S) groups is 1. The van der Waals surface area contributed by atoms with E-state index in [1.165, 1.54) is 25.3 Å². The fraction of sp³-hybridized carbons (Fsp3) is 0.0952. The maximum absolute atomic E-state index is 13.9. The Bertz CT molecular complexity index is 1170. The van der Waals surface area contributed by atoms with Crippen LogP contribution in [0, 0.1) is 0 Å². The van der Waals surface area contributed by atoms with Crippen molar-refractivity contribution < 1.29 is 26.5 Å². The van der Waals surface area contributed by atoms with Crippen molar-refractivity contribution in [3.05, 3.63) is 83.4 Å². The first-order chi connectivity index (χ1) is 15.6. The summed E-state index contributed by atoms with van der Waals surface area (Å²) in [7, 11) is 1.47. The largest absolute Gasteiger partial charge is 0.434 e. The third kappa shape index (κ3) is 6.59. The zero-order valence-corrected chi connectivity index (χ0v) is 18.5. The standard InChI is InChI=1S/C21H16ClF5N4OS/c1-3-14(24)8-6-10-31-19(21(25,26)27)15(12-29-31)18-17(20(33)28-2)16(30-32-18)11-13(22)7-4-5-9-23/h3-12H,1H2,2H3,(H,28,33)/b7-4-,9-5+,10-6+,13-11-,14-8+. The van der Waals surface area contributed by atoms with Crippen molar-refractivity contribution in [2.75, 3.05) is 7.05 Å². The molecule has 2 aromatic heterocycles. The van der Waals surface area contributed by atoms with Gasteiger partial charge in [0.1, 0.15) is 16.5 Å². The van der Waals surface area contributed by atoms with Gasteiger partial charge in [-0.05, 0) is 36.5 Å². The first-order valence-corrected chi connectivity index (χ1v) is 9.76. The molecule has 174 valence electrons. The van der Waals surface area contributed by atoms with E-state index in [2.05, 4.69) is 22.2 Å². The van der Waals surface area contributed by atoms with Gasteiger partial charge in [0.05, 0.1) is 23.7 Å². The van der Waals surface area contributed by atoms with Crippen molar-refractivity contribution in [1.82, 2.24) is 20.3 Å². The molecule has 0 spiro atoms. The molecule has 0 radical (unpaired) electrons. The first kappa shape index (κ1) is 25.9. The average molecular weight is 503 g/mol. The third-order valence-electron chi connectivity index (χ3n) is 3.87. The van der Waals surface area contributed by atoms with Crippen LogP contribution in [0.4, 0.5) is 22.0 Å². The predicted molar refractivity (Wildman–Crippen MR) is 121 cm³/mol. The first-order valence-electron chi connectivity index (χ1n) is 8.97. The van der Waals surface area contributed by atoms with Crippen LogP contribution in [0.1, 0.15) is 17.0 Å². The van der Waals surface area contributed by atoms with E-state index in [1.807, 2.05) is 0 Å². The van der Waals surface area contributed by atoms with Crippen molar-refractivity contribution in [3.8, 4) is 11.3 Å². The zero-order chi connectivity index (χ0) is 24.6. The number of halogens is 6. The van der Waals surface area contributed by atoms with E-state index < -0.39 is 23.3 Å². The lowest BCUT2D eigenvalue weighted by molar-refractivity contribution is -0.142. The number of allylic oxidation sites excluding steroid dienone is 8. The SMILES string of the molecule is C=C/C(F)=C\C=C\n1ncc(-c2onc(/C=C(Cl)/C=C\C=C\F)c2C(=S)NC)c1C(F)(F)F. The molecule has 33 heavy (non-hydrogen) atoms. The fourth-order valence-electron chi connectivity index (χ4n) is 2.51. The van der Waals surface area contributed by atoms with Gasteiger partial charge in [-0.25, -0.2) is 13.5 Å². The van der Waals surface area contributed by atoms with E-state index in [0.717, 1.165) is 36.7 Å². The van der Waals surface area contributed by atoms with Gasteiger partial charge < -0.3 is 9.84 Å². The van der Waals surface area contributed by atoms with Gasteiger partial charge in [0.2, 0.25) is 0 Å². The number of nitrogens with one attached hydrogen (secondary N) is 1. The Labute approximate surface area is 195 Å². The van der Waals surface area contributed by atoms with Crippen LogP contribution in [-0.4, -0.2) is 27.0 Å². The normalized spacial score (nSPS) is 13.5. The molecule has 0 aliphatic carbocycles. The minimum Gasteiger partial charge on any atom is -0.379 e.